The average molecular weight is 195 g/mol. The molecular formula is C9H13N3S. The Hall–Kier alpha value is -0.740. The van der Waals surface area contributed by atoms with E-state index in [2.05, 4.69) is 14.8 Å². The molecule has 1 aromatic heterocycles. The lowest BCUT2D eigenvalue weighted by Gasteiger charge is -2.16. The molecule has 1 heterocycles. The lowest BCUT2D eigenvalue weighted by molar-refractivity contribution is 0.616. The fourth-order valence-electron chi connectivity index (χ4n) is 1.68. The lowest BCUT2D eigenvalue weighted by Crippen LogP contribution is -2.20. The Bertz CT molecular complexity index is 292. The van der Waals surface area contributed by atoms with E-state index >= 15 is 0 Å². The number of aromatic nitrogens is 2. The van der Waals surface area contributed by atoms with Crippen LogP contribution in [0.15, 0.2) is 17.8 Å². The van der Waals surface area contributed by atoms with Crippen LogP contribution in [0.4, 0.5) is 0 Å². The topological polar surface area (TPSA) is 51.8 Å². The number of hydrogen-bond donors (Lipinski definition) is 1. The van der Waals surface area contributed by atoms with Gasteiger partial charge in [0.15, 0.2) is 0 Å². The van der Waals surface area contributed by atoms with Crippen LogP contribution in [0.1, 0.15) is 25.0 Å². The van der Waals surface area contributed by atoms with Gasteiger partial charge in [-0.2, -0.15) is 8.75 Å². The molecule has 0 aromatic carbocycles. The third kappa shape index (κ3) is 2.35. The highest BCUT2D eigenvalue weighted by atomic mass is 32.1. The monoisotopic (exact) mass is 195 g/mol. The predicted octanol–water partition coefficient (Wildman–Crippen LogP) is 1.52. The van der Waals surface area contributed by atoms with Gasteiger partial charge in [0.25, 0.3) is 0 Å². The molecule has 4 heteroatoms. The number of rotatable bonds is 2. The van der Waals surface area contributed by atoms with Crippen molar-refractivity contribution in [1.29, 1.82) is 0 Å². The molecule has 13 heavy (non-hydrogen) atoms. The molecule has 1 aliphatic carbocycles. The average Bonchev–Trinajstić information content (AvgIpc) is 2.57. The minimum atomic E-state index is 0.260. The van der Waals surface area contributed by atoms with E-state index in [9.17, 15) is 0 Å². The predicted molar refractivity (Wildman–Crippen MR) is 53.5 cm³/mol. The Balaban J connectivity index is 2.02. The van der Waals surface area contributed by atoms with Gasteiger partial charge in [0.1, 0.15) is 0 Å². The van der Waals surface area contributed by atoms with Gasteiger partial charge in [-0.1, -0.05) is 11.6 Å². The van der Waals surface area contributed by atoms with E-state index in [1.807, 2.05) is 6.20 Å². The Kier molecular flexibility index (Phi) is 2.71. The van der Waals surface area contributed by atoms with Gasteiger partial charge in [-0.25, -0.2) is 0 Å². The highest BCUT2D eigenvalue weighted by Gasteiger charge is 2.10. The fourth-order valence-corrected chi connectivity index (χ4v) is 2.11. The summed E-state index contributed by atoms with van der Waals surface area (Å²) in [6.07, 6.45) is 8.47. The van der Waals surface area contributed by atoms with Gasteiger partial charge < -0.3 is 5.73 Å². The summed E-state index contributed by atoms with van der Waals surface area (Å²) in [7, 11) is 0. The van der Waals surface area contributed by atoms with E-state index < -0.39 is 0 Å². The molecule has 0 bridgehead atoms. The molecule has 0 radical (unpaired) electrons. The van der Waals surface area contributed by atoms with E-state index in [1.165, 1.54) is 30.1 Å². The molecule has 0 aliphatic heterocycles. The molecule has 0 saturated carbocycles. The number of hydrogen-bond acceptors (Lipinski definition) is 4. The van der Waals surface area contributed by atoms with Crippen LogP contribution >= 0.6 is 11.7 Å². The van der Waals surface area contributed by atoms with Crippen LogP contribution in [0.5, 0.6) is 0 Å². The molecule has 0 spiro atoms. The van der Waals surface area contributed by atoms with Crippen molar-refractivity contribution in [3.63, 3.8) is 0 Å². The van der Waals surface area contributed by atoms with Gasteiger partial charge in [0, 0.05) is 12.5 Å². The molecule has 1 unspecified atom stereocenters. The fraction of sp³-hybridized carbons (Fsp3) is 0.556. The van der Waals surface area contributed by atoms with Crippen LogP contribution in [0, 0.1) is 0 Å². The van der Waals surface area contributed by atoms with Gasteiger partial charge in [-0.15, -0.1) is 0 Å². The van der Waals surface area contributed by atoms with Crippen molar-refractivity contribution < 1.29 is 0 Å². The van der Waals surface area contributed by atoms with Gasteiger partial charge in [0.05, 0.1) is 23.6 Å². The third-order valence-corrected chi connectivity index (χ3v) is 2.82. The molecule has 0 saturated heterocycles. The van der Waals surface area contributed by atoms with Crippen LogP contribution in [0.2, 0.25) is 0 Å². The molecule has 1 aliphatic rings. The number of allylic oxidation sites excluding steroid dienone is 1. The van der Waals surface area contributed by atoms with Crippen molar-refractivity contribution in [2.45, 2.75) is 31.7 Å². The van der Waals surface area contributed by atoms with Crippen molar-refractivity contribution >= 4 is 11.7 Å². The van der Waals surface area contributed by atoms with Crippen LogP contribution in [0.3, 0.4) is 0 Å². The summed E-state index contributed by atoms with van der Waals surface area (Å²) in [6.45, 7) is 0. The van der Waals surface area contributed by atoms with Gasteiger partial charge in [-0.3, -0.25) is 0 Å². The van der Waals surface area contributed by atoms with Crippen molar-refractivity contribution in [1.82, 2.24) is 8.75 Å². The van der Waals surface area contributed by atoms with Crippen LogP contribution in [-0.2, 0) is 6.42 Å². The number of nitrogens with zero attached hydrogens (tertiary/aromatic N) is 2. The Morgan fingerprint density at radius 3 is 3.23 bits per heavy atom. The zero-order valence-corrected chi connectivity index (χ0v) is 8.26. The molecule has 2 rings (SSSR count). The first-order valence-electron chi connectivity index (χ1n) is 4.56. The molecular weight excluding hydrogens is 182 g/mol. The van der Waals surface area contributed by atoms with E-state index in [0.717, 1.165) is 18.5 Å². The smallest absolute Gasteiger partial charge is 0.0783 e. The summed E-state index contributed by atoms with van der Waals surface area (Å²) in [6, 6.07) is 0.260. The largest absolute Gasteiger partial charge is 0.324 e. The summed E-state index contributed by atoms with van der Waals surface area (Å²) < 4.78 is 8.16. The second-order valence-electron chi connectivity index (χ2n) is 3.46. The van der Waals surface area contributed by atoms with E-state index in [4.69, 9.17) is 5.73 Å². The molecule has 3 nitrogen and oxygen atoms in total. The van der Waals surface area contributed by atoms with Gasteiger partial charge >= 0.3 is 0 Å². The first-order valence-corrected chi connectivity index (χ1v) is 5.29. The summed E-state index contributed by atoms with van der Waals surface area (Å²) in [4.78, 5) is 0. The van der Waals surface area contributed by atoms with Gasteiger partial charge in [0.2, 0.25) is 0 Å². The highest BCUT2D eigenvalue weighted by Crippen LogP contribution is 2.19. The zero-order chi connectivity index (χ0) is 9.10. The molecule has 70 valence electrons. The minimum Gasteiger partial charge on any atom is -0.324 e. The molecule has 1 aromatic rings. The van der Waals surface area contributed by atoms with E-state index in [0.29, 0.717) is 0 Å². The zero-order valence-electron chi connectivity index (χ0n) is 7.44. The molecule has 2 N–H and O–H groups in total. The molecule has 1 atom stereocenters. The standard InChI is InChI=1S/C9H13N3S/c10-8-3-1-2-7(4-8)5-9-6-11-13-12-9/h4,6,8H,1-3,5,10H2. The van der Waals surface area contributed by atoms with Crippen molar-refractivity contribution in [2.75, 3.05) is 0 Å². The maximum Gasteiger partial charge on any atom is 0.0783 e. The third-order valence-electron chi connectivity index (χ3n) is 2.30. The lowest BCUT2D eigenvalue weighted by atomic mass is 9.93. The second kappa shape index (κ2) is 3.98. The van der Waals surface area contributed by atoms with Crippen LogP contribution < -0.4 is 5.73 Å². The Morgan fingerprint density at radius 2 is 2.54 bits per heavy atom. The SMILES string of the molecule is NC1C=C(Cc2cnsn2)CCC1. The van der Waals surface area contributed by atoms with Crippen LogP contribution in [0.25, 0.3) is 0 Å². The first-order chi connectivity index (χ1) is 6.34. The van der Waals surface area contributed by atoms with Crippen molar-refractivity contribution in [2.24, 2.45) is 5.73 Å². The van der Waals surface area contributed by atoms with Crippen molar-refractivity contribution in [3.05, 3.63) is 23.5 Å². The molecule has 0 fully saturated rings. The summed E-state index contributed by atoms with van der Waals surface area (Å²) in [5, 5.41) is 0. The summed E-state index contributed by atoms with van der Waals surface area (Å²) in [5.41, 5.74) is 8.34. The van der Waals surface area contributed by atoms with Gasteiger partial charge in [-0.05, 0) is 19.3 Å². The summed E-state index contributed by atoms with van der Waals surface area (Å²) >= 11 is 1.27. The van der Waals surface area contributed by atoms with E-state index in [-0.39, 0.29) is 6.04 Å². The maximum atomic E-state index is 5.84. The van der Waals surface area contributed by atoms with E-state index in [1.54, 1.807) is 0 Å². The van der Waals surface area contributed by atoms with Crippen molar-refractivity contribution in [3.8, 4) is 0 Å². The quantitative estimate of drug-likeness (QED) is 0.728. The highest BCUT2D eigenvalue weighted by molar-refractivity contribution is 6.99. The second-order valence-corrected chi connectivity index (χ2v) is 4.01. The number of nitrogens with two attached hydrogens (primary N) is 1. The molecule has 0 amide bonds. The Labute approximate surface area is 82.0 Å². The maximum absolute atomic E-state index is 5.84. The minimum absolute atomic E-state index is 0.260. The van der Waals surface area contributed by atoms with Crippen LogP contribution in [-0.4, -0.2) is 14.8 Å². The summed E-state index contributed by atoms with van der Waals surface area (Å²) in [5.74, 6) is 0. The first kappa shape index (κ1) is 8.84. The normalized spacial score (nSPS) is 22.8. The Morgan fingerprint density at radius 1 is 1.62 bits per heavy atom.